The number of nitrogens with two attached hydrogens (primary N) is 1. The molecule has 0 bridgehead atoms. The third-order valence-corrected chi connectivity index (χ3v) is 2.06. The molecule has 0 saturated heterocycles. The Morgan fingerprint density at radius 3 is 3.00 bits per heavy atom. The first-order valence-electron chi connectivity index (χ1n) is 5.94. The lowest BCUT2D eigenvalue weighted by molar-refractivity contribution is 0.0596. The molecule has 0 aromatic heterocycles. The topological polar surface area (TPSA) is 61.5 Å². The Balaban J connectivity index is 3.18. The summed E-state index contributed by atoms with van der Waals surface area (Å²) in [6.07, 6.45) is 0. The Kier molecular flexibility index (Phi) is 2.76. The Bertz CT molecular complexity index is 490. The van der Waals surface area contributed by atoms with Gasteiger partial charge in [0.1, 0.15) is 17.9 Å². The Hall–Kier alpha value is -1.07. The molecule has 0 amide bonds. The van der Waals surface area contributed by atoms with Crippen LogP contribution in [0.3, 0.4) is 0 Å². The lowest BCUT2D eigenvalue weighted by Crippen LogP contribution is -2.13. The number of methoxy groups -OCH3 is 1. The summed E-state index contributed by atoms with van der Waals surface area (Å²) in [7, 11) is 1.17. The fourth-order valence-corrected chi connectivity index (χ4v) is 1.31. The summed E-state index contributed by atoms with van der Waals surface area (Å²) in [6.45, 7) is -5.53. The van der Waals surface area contributed by atoms with Crippen LogP contribution in [0.5, 0.6) is 5.75 Å². The predicted molar refractivity (Wildman–Crippen MR) is 60.0 cm³/mol. The molecule has 0 heterocycles. The molecule has 1 aromatic rings. The maximum Gasteiger partial charge on any atom is 0.341 e. The molecule has 0 fully saturated rings. The van der Waals surface area contributed by atoms with Gasteiger partial charge < -0.3 is 15.2 Å². The van der Waals surface area contributed by atoms with Gasteiger partial charge in [-0.25, -0.2) is 4.79 Å². The van der Waals surface area contributed by atoms with E-state index in [0.29, 0.717) is 4.47 Å². The fourth-order valence-electron chi connectivity index (χ4n) is 0.945. The van der Waals surface area contributed by atoms with E-state index in [0.717, 1.165) is 0 Å². The van der Waals surface area contributed by atoms with E-state index in [-0.39, 0.29) is 11.3 Å². The van der Waals surface area contributed by atoms with E-state index < -0.39 is 19.0 Å². The van der Waals surface area contributed by atoms with Crippen LogP contribution in [-0.2, 0) is 4.74 Å². The first kappa shape index (κ1) is 7.24. The number of carbonyl (C=O) groups is 1. The molecule has 0 unspecified atom stereocenters. The highest BCUT2D eigenvalue weighted by Crippen LogP contribution is 2.23. The van der Waals surface area contributed by atoms with Crippen molar-refractivity contribution < 1.29 is 19.8 Å². The molecule has 82 valence electrons. The summed E-state index contributed by atoms with van der Waals surface area (Å²) >= 11 is 3.16. The van der Waals surface area contributed by atoms with Crippen LogP contribution >= 0.6 is 15.9 Å². The van der Waals surface area contributed by atoms with Crippen LogP contribution in [0.4, 0.5) is 0 Å². The second-order valence-electron chi connectivity index (χ2n) is 2.48. The van der Waals surface area contributed by atoms with Crippen LogP contribution in [0.15, 0.2) is 22.7 Å². The molecule has 0 aliphatic rings. The average Bonchev–Trinajstić information content (AvgIpc) is 2.28. The van der Waals surface area contributed by atoms with E-state index in [9.17, 15) is 4.79 Å². The minimum absolute atomic E-state index is 0.0370. The molecule has 0 atom stereocenters. The quantitative estimate of drug-likeness (QED) is 0.849. The predicted octanol–water partition coefficient (Wildman–Crippen LogP) is 1.57. The van der Waals surface area contributed by atoms with Crippen molar-refractivity contribution in [3.8, 4) is 5.75 Å². The number of halogens is 1. The molecular formula is C10H12BrNO3. The highest BCUT2D eigenvalue weighted by Gasteiger charge is 2.13. The number of benzene rings is 1. The normalized spacial score (nSPS) is 15.7. The zero-order valence-corrected chi connectivity index (χ0v) is 9.50. The number of hydrogen-bond donors (Lipinski definition) is 1. The minimum atomic E-state index is -2.80. The zero-order chi connectivity index (χ0) is 14.8. The van der Waals surface area contributed by atoms with Gasteiger partial charge in [-0.05, 0) is 18.2 Å². The van der Waals surface area contributed by atoms with Gasteiger partial charge in [0.05, 0.1) is 9.85 Å². The van der Waals surface area contributed by atoms with Crippen molar-refractivity contribution in [1.82, 2.24) is 0 Å². The zero-order valence-electron chi connectivity index (χ0n) is 11.9. The largest absolute Gasteiger partial charge is 0.491 e. The van der Waals surface area contributed by atoms with Crippen LogP contribution < -0.4 is 10.5 Å². The molecule has 4 nitrogen and oxygen atoms in total. The van der Waals surface area contributed by atoms with E-state index in [4.69, 9.17) is 16.0 Å². The summed E-state index contributed by atoms with van der Waals surface area (Å²) in [5.74, 6) is -0.890. The Morgan fingerprint density at radius 2 is 2.40 bits per heavy atom. The highest BCUT2D eigenvalue weighted by atomic mass is 79.9. The van der Waals surface area contributed by atoms with Gasteiger partial charge in [-0.1, -0.05) is 15.9 Å². The molecule has 1 rings (SSSR count). The van der Waals surface area contributed by atoms with Crippen molar-refractivity contribution in [2.75, 3.05) is 20.2 Å². The molecule has 0 aliphatic heterocycles. The molecule has 15 heavy (non-hydrogen) atoms. The van der Waals surface area contributed by atoms with E-state index >= 15 is 0 Å². The third kappa shape index (κ3) is 3.21. The van der Waals surface area contributed by atoms with Gasteiger partial charge in [0.25, 0.3) is 0 Å². The molecule has 5 heteroatoms. The van der Waals surface area contributed by atoms with Crippen molar-refractivity contribution in [3.05, 3.63) is 28.2 Å². The molecular weight excluding hydrogens is 262 g/mol. The van der Waals surface area contributed by atoms with Crippen LogP contribution in [0.2, 0.25) is 0 Å². The maximum atomic E-state index is 11.6. The number of hydrogen-bond acceptors (Lipinski definition) is 4. The van der Waals surface area contributed by atoms with Gasteiger partial charge in [0.15, 0.2) is 0 Å². The van der Waals surface area contributed by atoms with E-state index in [2.05, 4.69) is 20.7 Å². The summed E-state index contributed by atoms with van der Waals surface area (Å²) in [4.78, 5) is 11.6. The van der Waals surface area contributed by atoms with Gasteiger partial charge in [0, 0.05) is 13.7 Å². The molecule has 0 radical (unpaired) electrons. The van der Waals surface area contributed by atoms with Crippen molar-refractivity contribution in [2.24, 2.45) is 5.73 Å². The van der Waals surface area contributed by atoms with Gasteiger partial charge >= 0.3 is 5.97 Å². The van der Waals surface area contributed by atoms with E-state index in [1.807, 2.05) is 0 Å². The SMILES string of the molecule is [2H]C([2H])(N)C([2H])([2H])Oc1ccc(Br)cc1C(=O)OC. The first-order chi connectivity index (χ1) is 8.58. The molecule has 1 aromatic carbocycles. The van der Waals surface area contributed by atoms with Gasteiger partial charge in [-0.15, -0.1) is 0 Å². The molecule has 2 N–H and O–H groups in total. The Morgan fingerprint density at radius 1 is 1.67 bits per heavy atom. The van der Waals surface area contributed by atoms with Gasteiger partial charge in [-0.2, -0.15) is 0 Å². The smallest absolute Gasteiger partial charge is 0.341 e. The van der Waals surface area contributed by atoms with Crippen molar-refractivity contribution in [1.29, 1.82) is 0 Å². The fraction of sp³-hybridized carbons (Fsp3) is 0.300. The summed E-state index contributed by atoms with van der Waals surface area (Å²) < 4.78 is 39.2. The van der Waals surface area contributed by atoms with Crippen molar-refractivity contribution >= 4 is 21.9 Å². The Labute approximate surface area is 102 Å². The summed E-state index contributed by atoms with van der Waals surface area (Å²) in [5.41, 5.74) is 5.02. The van der Waals surface area contributed by atoms with Gasteiger partial charge in [-0.3, -0.25) is 0 Å². The monoisotopic (exact) mass is 277 g/mol. The highest BCUT2D eigenvalue weighted by molar-refractivity contribution is 9.10. The second-order valence-corrected chi connectivity index (χ2v) is 3.40. The molecule has 0 saturated carbocycles. The molecule has 0 aliphatic carbocycles. The number of rotatable bonds is 4. The minimum Gasteiger partial charge on any atom is -0.491 e. The standard InChI is InChI=1S/C10H12BrNO3/c1-14-10(13)8-6-7(11)2-3-9(8)15-5-4-12/h2-3,6H,4-5,12H2,1H3/i4D2,5D2. The van der Waals surface area contributed by atoms with E-state index in [1.54, 1.807) is 0 Å². The number of ether oxygens (including phenoxy) is 2. The summed E-state index contributed by atoms with van der Waals surface area (Å²) in [5, 5.41) is 0. The van der Waals surface area contributed by atoms with Crippen molar-refractivity contribution in [2.45, 2.75) is 0 Å². The lowest BCUT2D eigenvalue weighted by atomic mass is 10.2. The number of carbonyl (C=O) groups excluding carboxylic acids is 1. The first-order valence-corrected chi connectivity index (χ1v) is 4.73. The van der Waals surface area contributed by atoms with Crippen LogP contribution in [-0.4, -0.2) is 26.1 Å². The van der Waals surface area contributed by atoms with Crippen LogP contribution in [0, 0.1) is 0 Å². The van der Waals surface area contributed by atoms with Crippen LogP contribution in [0.1, 0.15) is 15.8 Å². The lowest BCUT2D eigenvalue weighted by Gasteiger charge is -2.09. The second kappa shape index (κ2) is 5.72. The molecule has 0 spiro atoms. The van der Waals surface area contributed by atoms with Crippen molar-refractivity contribution in [3.63, 3.8) is 0 Å². The summed E-state index contributed by atoms with van der Waals surface area (Å²) in [6, 6.07) is 4.22. The maximum absolute atomic E-state index is 11.6. The third-order valence-electron chi connectivity index (χ3n) is 1.57. The van der Waals surface area contributed by atoms with E-state index in [1.165, 1.54) is 25.3 Å². The van der Waals surface area contributed by atoms with Crippen LogP contribution in [0.25, 0.3) is 0 Å². The van der Waals surface area contributed by atoms with Gasteiger partial charge in [0.2, 0.25) is 0 Å². The number of esters is 1. The average molecular weight is 278 g/mol.